The molecule has 2 N–H and O–H groups in total. The van der Waals surface area contributed by atoms with Crippen molar-refractivity contribution < 1.29 is 9.47 Å². The van der Waals surface area contributed by atoms with Crippen molar-refractivity contribution in [3.05, 3.63) is 58.9 Å². The van der Waals surface area contributed by atoms with Crippen LogP contribution in [0.15, 0.2) is 53.3 Å². The van der Waals surface area contributed by atoms with Gasteiger partial charge in [0.05, 0.1) is 24.3 Å². The van der Waals surface area contributed by atoms with Gasteiger partial charge in [-0.3, -0.25) is 9.69 Å². The van der Waals surface area contributed by atoms with Gasteiger partial charge in [-0.05, 0) is 29.7 Å². The highest BCUT2D eigenvalue weighted by Crippen LogP contribution is 2.27. The molecular formula is C22H22N4O3. The van der Waals surface area contributed by atoms with Crippen LogP contribution in [0.5, 0.6) is 5.75 Å². The molecule has 0 atom stereocenters. The third-order valence-corrected chi connectivity index (χ3v) is 5.25. The third kappa shape index (κ3) is 3.62. The summed E-state index contributed by atoms with van der Waals surface area (Å²) in [5, 5.41) is 0.963. The van der Waals surface area contributed by atoms with Gasteiger partial charge >= 0.3 is 0 Å². The smallest absolute Gasteiger partial charge is 0.259 e. The Labute approximate surface area is 167 Å². The number of ether oxygens (including phenoxy) is 2. The predicted molar refractivity (Wildman–Crippen MR) is 112 cm³/mol. The van der Waals surface area contributed by atoms with Crippen molar-refractivity contribution in [2.45, 2.75) is 0 Å². The van der Waals surface area contributed by atoms with Crippen molar-refractivity contribution in [1.29, 1.82) is 0 Å². The molecule has 1 aliphatic rings. The number of benzene rings is 2. The van der Waals surface area contributed by atoms with E-state index in [2.05, 4.69) is 19.9 Å². The van der Waals surface area contributed by atoms with Gasteiger partial charge in [-0.1, -0.05) is 24.3 Å². The second-order valence-corrected chi connectivity index (χ2v) is 7.14. The molecule has 2 aromatic heterocycles. The van der Waals surface area contributed by atoms with Crippen LogP contribution >= 0.6 is 0 Å². The van der Waals surface area contributed by atoms with E-state index in [0.717, 1.165) is 60.5 Å². The van der Waals surface area contributed by atoms with Crippen molar-refractivity contribution in [2.75, 3.05) is 39.5 Å². The first-order valence-corrected chi connectivity index (χ1v) is 9.82. The lowest BCUT2D eigenvalue weighted by Crippen LogP contribution is -2.38. The number of nitrogens with zero attached hydrogens (tertiary/aromatic N) is 2. The molecule has 7 nitrogen and oxygen atoms in total. The Hall–Kier alpha value is -3.16. The molecule has 0 saturated carbocycles. The molecule has 0 unspecified atom stereocenters. The van der Waals surface area contributed by atoms with E-state index >= 15 is 0 Å². The number of hydrogen-bond acceptors (Lipinski definition) is 5. The van der Waals surface area contributed by atoms with Gasteiger partial charge in [0, 0.05) is 25.2 Å². The number of H-pyrrole nitrogens is 2. The Morgan fingerprint density at radius 3 is 2.76 bits per heavy atom. The Morgan fingerprint density at radius 1 is 1.03 bits per heavy atom. The number of fused-ring (bicyclic) bond motifs is 2. The number of hydrogen-bond donors (Lipinski definition) is 2. The summed E-state index contributed by atoms with van der Waals surface area (Å²) in [4.78, 5) is 25.8. The molecule has 0 amide bonds. The molecule has 5 rings (SSSR count). The summed E-state index contributed by atoms with van der Waals surface area (Å²) in [5.74, 6) is 1.26. The van der Waals surface area contributed by atoms with Crippen LogP contribution in [0, 0.1) is 0 Å². The van der Waals surface area contributed by atoms with Crippen LogP contribution in [0.1, 0.15) is 0 Å². The summed E-state index contributed by atoms with van der Waals surface area (Å²) in [6, 6.07) is 15.4. The standard InChI is InChI=1S/C22H22N4O3/c27-22-16(14-15-4-1-2-5-17(15)24-22)21-23-18-6-3-7-19(20(18)25-21)29-13-10-26-8-11-28-12-9-26/h1-7,14H,8-13H2,(H,23,25)(H,24,27). The highest BCUT2D eigenvalue weighted by Gasteiger charge is 2.14. The van der Waals surface area contributed by atoms with Crippen molar-refractivity contribution >= 4 is 21.9 Å². The lowest BCUT2D eigenvalue weighted by molar-refractivity contribution is 0.0323. The fraction of sp³-hybridized carbons (Fsp3) is 0.273. The first-order chi connectivity index (χ1) is 14.3. The molecule has 3 heterocycles. The fourth-order valence-electron chi connectivity index (χ4n) is 3.68. The van der Waals surface area contributed by atoms with Gasteiger partial charge in [-0.15, -0.1) is 0 Å². The van der Waals surface area contributed by atoms with Crippen LogP contribution in [0.2, 0.25) is 0 Å². The van der Waals surface area contributed by atoms with E-state index in [-0.39, 0.29) is 5.56 Å². The molecule has 1 saturated heterocycles. The van der Waals surface area contributed by atoms with Crippen LogP contribution in [0.4, 0.5) is 0 Å². The lowest BCUT2D eigenvalue weighted by atomic mass is 10.1. The van der Waals surface area contributed by atoms with E-state index in [9.17, 15) is 4.79 Å². The van der Waals surface area contributed by atoms with Gasteiger partial charge < -0.3 is 19.4 Å². The van der Waals surface area contributed by atoms with Gasteiger partial charge in [0.15, 0.2) is 0 Å². The second-order valence-electron chi connectivity index (χ2n) is 7.14. The van der Waals surface area contributed by atoms with Crippen LogP contribution in [0.25, 0.3) is 33.3 Å². The molecule has 29 heavy (non-hydrogen) atoms. The summed E-state index contributed by atoms with van der Waals surface area (Å²) >= 11 is 0. The summed E-state index contributed by atoms with van der Waals surface area (Å²) in [6.45, 7) is 4.85. The molecular weight excluding hydrogens is 368 g/mol. The first kappa shape index (κ1) is 17.9. The topological polar surface area (TPSA) is 83.2 Å². The van der Waals surface area contributed by atoms with Gasteiger partial charge in [-0.25, -0.2) is 4.98 Å². The molecule has 7 heteroatoms. The van der Waals surface area contributed by atoms with Crippen LogP contribution in [-0.2, 0) is 4.74 Å². The molecule has 0 spiro atoms. The predicted octanol–water partition coefficient (Wildman–Crippen LogP) is 2.78. The summed E-state index contributed by atoms with van der Waals surface area (Å²) in [6.07, 6.45) is 0. The van der Waals surface area contributed by atoms with E-state index < -0.39 is 0 Å². The highest BCUT2D eigenvalue weighted by atomic mass is 16.5. The van der Waals surface area contributed by atoms with Crippen LogP contribution < -0.4 is 10.3 Å². The molecule has 1 aliphatic heterocycles. The van der Waals surface area contributed by atoms with E-state index in [0.29, 0.717) is 18.0 Å². The molecule has 0 aliphatic carbocycles. The maximum Gasteiger partial charge on any atom is 0.259 e. The minimum Gasteiger partial charge on any atom is -0.490 e. The number of morpholine rings is 1. The third-order valence-electron chi connectivity index (χ3n) is 5.25. The van der Waals surface area contributed by atoms with Crippen LogP contribution in [0.3, 0.4) is 0 Å². The number of rotatable bonds is 5. The summed E-state index contributed by atoms with van der Waals surface area (Å²) in [5.41, 5.74) is 2.73. The lowest BCUT2D eigenvalue weighted by Gasteiger charge is -2.26. The quantitative estimate of drug-likeness (QED) is 0.548. The minimum atomic E-state index is -0.169. The number of nitrogens with one attached hydrogen (secondary N) is 2. The second kappa shape index (κ2) is 7.69. The van der Waals surface area contributed by atoms with Gasteiger partial charge in [-0.2, -0.15) is 0 Å². The van der Waals surface area contributed by atoms with Crippen molar-refractivity contribution in [3.63, 3.8) is 0 Å². The number of aromatic nitrogens is 3. The van der Waals surface area contributed by atoms with E-state index in [1.54, 1.807) is 0 Å². The van der Waals surface area contributed by atoms with E-state index in [1.807, 2.05) is 48.5 Å². The van der Waals surface area contributed by atoms with Crippen molar-refractivity contribution in [3.8, 4) is 17.1 Å². The average Bonchev–Trinajstić information content (AvgIpc) is 3.19. The number of pyridine rings is 1. The molecule has 0 bridgehead atoms. The van der Waals surface area contributed by atoms with Crippen LogP contribution in [-0.4, -0.2) is 59.3 Å². The summed E-state index contributed by atoms with van der Waals surface area (Å²) in [7, 11) is 0. The van der Waals surface area contributed by atoms with Gasteiger partial charge in [0.2, 0.25) is 0 Å². The zero-order valence-electron chi connectivity index (χ0n) is 16.0. The molecule has 148 valence electrons. The number of para-hydroxylation sites is 2. The zero-order valence-corrected chi connectivity index (χ0v) is 16.0. The minimum absolute atomic E-state index is 0.169. The Kier molecular flexibility index (Phi) is 4.75. The number of aromatic amines is 2. The SMILES string of the molecule is O=c1[nH]c2ccccc2cc1-c1nc2c(OCCN3CCOCC3)cccc2[nH]1. The monoisotopic (exact) mass is 390 g/mol. The molecule has 2 aromatic carbocycles. The largest absolute Gasteiger partial charge is 0.490 e. The van der Waals surface area contributed by atoms with E-state index in [4.69, 9.17) is 9.47 Å². The zero-order chi connectivity index (χ0) is 19.6. The first-order valence-electron chi connectivity index (χ1n) is 9.82. The van der Waals surface area contributed by atoms with Gasteiger partial charge in [0.1, 0.15) is 23.7 Å². The highest BCUT2D eigenvalue weighted by molar-refractivity contribution is 5.87. The normalized spacial score (nSPS) is 15.2. The Bertz CT molecular complexity index is 1210. The Balaban J connectivity index is 1.42. The molecule has 0 radical (unpaired) electrons. The van der Waals surface area contributed by atoms with Crippen molar-refractivity contribution in [2.24, 2.45) is 0 Å². The maximum atomic E-state index is 12.6. The average molecular weight is 390 g/mol. The maximum absolute atomic E-state index is 12.6. The summed E-state index contributed by atoms with van der Waals surface area (Å²) < 4.78 is 11.4. The van der Waals surface area contributed by atoms with E-state index in [1.165, 1.54) is 0 Å². The Morgan fingerprint density at radius 2 is 1.86 bits per heavy atom. The molecule has 1 fully saturated rings. The number of imidazole rings is 1. The molecule has 4 aromatic rings. The van der Waals surface area contributed by atoms with Gasteiger partial charge in [0.25, 0.3) is 5.56 Å². The van der Waals surface area contributed by atoms with Crippen molar-refractivity contribution in [1.82, 2.24) is 19.9 Å². The fourth-order valence-corrected chi connectivity index (χ4v) is 3.68.